The zero-order chi connectivity index (χ0) is 19.9. The number of aryl methyl sites for hydroxylation is 1. The maximum absolute atomic E-state index is 12.6. The quantitative estimate of drug-likeness (QED) is 0.566. The Hall–Kier alpha value is -2.64. The van der Waals surface area contributed by atoms with Crippen LogP contribution in [0, 0.1) is 6.92 Å². The van der Waals surface area contributed by atoms with Gasteiger partial charge in [0.15, 0.2) is 0 Å². The van der Waals surface area contributed by atoms with Crippen molar-refractivity contribution in [3.63, 3.8) is 0 Å². The summed E-state index contributed by atoms with van der Waals surface area (Å²) >= 11 is 4.80. The third-order valence-corrected chi connectivity index (χ3v) is 5.37. The van der Waals surface area contributed by atoms with Crippen LogP contribution in [0.2, 0.25) is 0 Å². The molecule has 3 rings (SSSR count). The molecule has 0 saturated heterocycles. The van der Waals surface area contributed by atoms with Crippen molar-refractivity contribution in [3.8, 4) is 0 Å². The predicted molar refractivity (Wildman–Crippen MR) is 115 cm³/mol. The average molecular weight is 456 g/mol. The van der Waals surface area contributed by atoms with E-state index in [0.717, 1.165) is 14.9 Å². The SMILES string of the molecule is Cc1cc(Br)ccc1NC(=O)CNC(=O)c1cccnc1Sc1ccccc1. The fourth-order valence-electron chi connectivity index (χ4n) is 2.46. The molecular formula is C21H18BrN3O2S. The van der Waals surface area contributed by atoms with Gasteiger partial charge in [-0.3, -0.25) is 9.59 Å². The van der Waals surface area contributed by atoms with E-state index in [9.17, 15) is 9.59 Å². The van der Waals surface area contributed by atoms with Crippen LogP contribution in [0.3, 0.4) is 0 Å². The number of carbonyl (C=O) groups excluding carboxylic acids is 2. The van der Waals surface area contributed by atoms with Crippen molar-refractivity contribution in [2.45, 2.75) is 16.8 Å². The minimum Gasteiger partial charge on any atom is -0.343 e. The van der Waals surface area contributed by atoms with Crippen LogP contribution in [0.1, 0.15) is 15.9 Å². The fourth-order valence-corrected chi connectivity index (χ4v) is 3.84. The third-order valence-electron chi connectivity index (χ3n) is 3.85. The number of rotatable bonds is 6. The van der Waals surface area contributed by atoms with Gasteiger partial charge in [-0.25, -0.2) is 4.98 Å². The molecule has 1 aromatic heterocycles. The zero-order valence-corrected chi connectivity index (χ0v) is 17.5. The lowest BCUT2D eigenvalue weighted by atomic mass is 10.2. The van der Waals surface area contributed by atoms with E-state index in [0.29, 0.717) is 16.3 Å². The lowest BCUT2D eigenvalue weighted by Crippen LogP contribution is -2.33. The molecular weight excluding hydrogens is 438 g/mol. The van der Waals surface area contributed by atoms with Crippen molar-refractivity contribution < 1.29 is 9.59 Å². The Morgan fingerprint density at radius 2 is 1.86 bits per heavy atom. The zero-order valence-electron chi connectivity index (χ0n) is 15.1. The Labute approximate surface area is 176 Å². The topological polar surface area (TPSA) is 71.1 Å². The summed E-state index contributed by atoms with van der Waals surface area (Å²) in [7, 11) is 0. The maximum Gasteiger partial charge on any atom is 0.254 e. The molecule has 2 amide bonds. The first-order valence-electron chi connectivity index (χ1n) is 8.55. The van der Waals surface area contributed by atoms with E-state index in [4.69, 9.17) is 0 Å². The lowest BCUT2D eigenvalue weighted by molar-refractivity contribution is -0.115. The van der Waals surface area contributed by atoms with E-state index in [1.807, 2.05) is 55.5 Å². The first kappa shape index (κ1) is 20.1. The van der Waals surface area contributed by atoms with E-state index in [1.54, 1.807) is 18.3 Å². The van der Waals surface area contributed by atoms with Gasteiger partial charge in [-0.2, -0.15) is 0 Å². The molecule has 0 aliphatic heterocycles. The van der Waals surface area contributed by atoms with E-state index in [-0.39, 0.29) is 18.4 Å². The van der Waals surface area contributed by atoms with Crippen molar-refractivity contribution in [1.29, 1.82) is 0 Å². The highest BCUT2D eigenvalue weighted by atomic mass is 79.9. The summed E-state index contributed by atoms with van der Waals surface area (Å²) in [5.41, 5.74) is 2.08. The van der Waals surface area contributed by atoms with Crippen molar-refractivity contribution in [2.75, 3.05) is 11.9 Å². The molecule has 0 radical (unpaired) electrons. The predicted octanol–water partition coefficient (Wildman–Crippen LogP) is 4.67. The number of carbonyl (C=O) groups is 2. The first-order chi connectivity index (χ1) is 13.5. The molecule has 5 nitrogen and oxygen atoms in total. The molecule has 0 spiro atoms. The highest BCUT2D eigenvalue weighted by Gasteiger charge is 2.14. The van der Waals surface area contributed by atoms with Gasteiger partial charge in [-0.1, -0.05) is 45.9 Å². The molecule has 0 saturated carbocycles. The van der Waals surface area contributed by atoms with Crippen LogP contribution in [-0.2, 0) is 4.79 Å². The van der Waals surface area contributed by atoms with Gasteiger partial charge in [-0.15, -0.1) is 0 Å². The Balaban J connectivity index is 1.62. The fraction of sp³-hybridized carbons (Fsp3) is 0.0952. The number of halogens is 1. The molecule has 0 fully saturated rings. The number of hydrogen-bond donors (Lipinski definition) is 2. The number of amides is 2. The van der Waals surface area contributed by atoms with Crippen LogP contribution in [0.15, 0.2) is 81.3 Å². The van der Waals surface area contributed by atoms with Crippen LogP contribution in [-0.4, -0.2) is 23.3 Å². The minimum absolute atomic E-state index is 0.126. The number of hydrogen-bond acceptors (Lipinski definition) is 4. The van der Waals surface area contributed by atoms with Crippen LogP contribution in [0.5, 0.6) is 0 Å². The number of anilines is 1. The second kappa shape index (κ2) is 9.52. The molecule has 2 N–H and O–H groups in total. The third kappa shape index (κ3) is 5.43. The van der Waals surface area contributed by atoms with Crippen molar-refractivity contribution in [3.05, 3.63) is 82.5 Å². The first-order valence-corrected chi connectivity index (χ1v) is 10.2. The van der Waals surface area contributed by atoms with Gasteiger partial charge < -0.3 is 10.6 Å². The van der Waals surface area contributed by atoms with Gasteiger partial charge in [0.1, 0.15) is 5.03 Å². The number of pyridine rings is 1. The van der Waals surface area contributed by atoms with E-state index >= 15 is 0 Å². The second-order valence-corrected chi connectivity index (χ2v) is 7.94. The standard InChI is InChI=1S/C21H18BrN3O2S/c1-14-12-15(22)9-10-18(14)25-19(26)13-24-20(27)17-8-5-11-23-21(17)28-16-6-3-2-4-7-16/h2-12H,13H2,1H3,(H,24,27)(H,25,26). The van der Waals surface area contributed by atoms with Crippen LogP contribution >= 0.6 is 27.7 Å². The van der Waals surface area contributed by atoms with Gasteiger partial charge in [0, 0.05) is 21.3 Å². The molecule has 2 aromatic carbocycles. The Morgan fingerprint density at radius 3 is 2.61 bits per heavy atom. The lowest BCUT2D eigenvalue weighted by Gasteiger charge is -2.11. The molecule has 0 atom stereocenters. The number of aromatic nitrogens is 1. The molecule has 7 heteroatoms. The Bertz CT molecular complexity index is 996. The maximum atomic E-state index is 12.6. The van der Waals surface area contributed by atoms with Gasteiger partial charge in [0.05, 0.1) is 12.1 Å². The summed E-state index contributed by atoms with van der Waals surface area (Å²) in [6.07, 6.45) is 1.64. The molecule has 0 bridgehead atoms. The van der Waals surface area contributed by atoms with Gasteiger partial charge in [0.2, 0.25) is 5.91 Å². The van der Waals surface area contributed by atoms with Crippen molar-refractivity contribution in [1.82, 2.24) is 10.3 Å². The van der Waals surface area contributed by atoms with Crippen molar-refractivity contribution in [2.24, 2.45) is 0 Å². The van der Waals surface area contributed by atoms with Crippen LogP contribution < -0.4 is 10.6 Å². The molecule has 0 aliphatic carbocycles. The Morgan fingerprint density at radius 1 is 1.07 bits per heavy atom. The molecule has 0 aliphatic rings. The summed E-state index contributed by atoms with van der Waals surface area (Å²) in [5, 5.41) is 6.06. The van der Waals surface area contributed by atoms with Crippen LogP contribution in [0.4, 0.5) is 5.69 Å². The van der Waals surface area contributed by atoms with Gasteiger partial charge >= 0.3 is 0 Å². The minimum atomic E-state index is -0.339. The molecule has 28 heavy (non-hydrogen) atoms. The Kier molecular flexibility index (Phi) is 6.84. The molecule has 0 unspecified atom stereocenters. The van der Waals surface area contributed by atoms with E-state index in [1.165, 1.54) is 11.8 Å². The monoisotopic (exact) mass is 455 g/mol. The highest BCUT2D eigenvalue weighted by Crippen LogP contribution is 2.28. The number of nitrogens with one attached hydrogen (secondary N) is 2. The van der Waals surface area contributed by atoms with Gasteiger partial charge in [-0.05, 0) is 55.0 Å². The number of benzene rings is 2. The molecule has 3 aromatic rings. The summed E-state index contributed by atoms with van der Waals surface area (Å²) in [6.45, 7) is 1.78. The largest absolute Gasteiger partial charge is 0.343 e. The summed E-state index contributed by atoms with van der Waals surface area (Å²) in [4.78, 5) is 30.1. The van der Waals surface area contributed by atoms with E-state index in [2.05, 4.69) is 31.5 Å². The number of nitrogens with zero attached hydrogens (tertiary/aromatic N) is 1. The van der Waals surface area contributed by atoms with Gasteiger partial charge in [0.25, 0.3) is 5.91 Å². The summed E-state index contributed by atoms with van der Waals surface area (Å²) in [5.74, 6) is -0.630. The van der Waals surface area contributed by atoms with E-state index < -0.39 is 0 Å². The normalized spacial score (nSPS) is 10.4. The van der Waals surface area contributed by atoms with Crippen molar-refractivity contribution >= 4 is 45.2 Å². The molecule has 142 valence electrons. The van der Waals surface area contributed by atoms with Crippen LogP contribution in [0.25, 0.3) is 0 Å². The second-order valence-electron chi connectivity index (χ2n) is 5.96. The highest BCUT2D eigenvalue weighted by molar-refractivity contribution is 9.10. The summed E-state index contributed by atoms with van der Waals surface area (Å²) < 4.78 is 0.941. The average Bonchev–Trinajstić information content (AvgIpc) is 2.69. The smallest absolute Gasteiger partial charge is 0.254 e. The molecule has 1 heterocycles. The summed E-state index contributed by atoms with van der Waals surface area (Å²) in [6, 6.07) is 18.7.